The van der Waals surface area contributed by atoms with Crippen LogP contribution in [0.1, 0.15) is 18.4 Å². The number of rotatable bonds is 5. The monoisotopic (exact) mass is 396 g/mol. The smallest absolute Gasteiger partial charge is 0.307 e. The highest BCUT2D eigenvalue weighted by Crippen LogP contribution is 2.30. The van der Waals surface area contributed by atoms with Crippen molar-refractivity contribution in [1.82, 2.24) is 9.97 Å². The average molecular weight is 396 g/mol. The topological polar surface area (TPSA) is 95.4 Å². The quantitative estimate of drug-likeness (QED) is 0.688. The van der Waals surface area contributed by atoms with Crippen molar-refractivity contribution in [3.8, 4) is 0 Å². The van der Waals surface area contributed by atoms with Gasteiger partial charge in [-0.1, -0.05) is 18.2 Å². The van der Waals surface area contributed by atoms with E-state index < -0.39 is 5.97 Å². The highest BCUT2D eigenvalue weighted by atomic mass is 32.1. The molecular formula is C20H20N4O3S. The van der Waals surface area contributed by atoms with Crippen LogP contribution in [0.5, 0.6) is 0 Å². The second kappa shape index (κ2) is 7.93. The summed E-state index contributed by atoms with van der Waals surface area (Å²) in [6.45, 7) is 1.43. The first-order valence-corrected chi connectivity index (χ1v) is 10.0. The number of aromatic nitrogens is 2. The molecule has 1 atom stereocenters. The van der Waals surface area contributed by atoms with Crippen LogP contribution in [0.25, 0.3) is 10.2 Å². The Hall–Kier alpha value is -3.00. The van der Waals surface area contributed by atoms with E-state index in [9.17, 15) is 9.59 Å². The molecule has 0 radical (unpaired) electrons. The van der Waals surface area contributed by atoms with Crippen LogP contribution in [-0.4, -0.2) is 40.0 Å². The van der Waals surface area contributed by atoms with Crippen molar-refractivity contribution in [3.05, 3.63) is 47.6 Å². The minimum absolute atomic E-state index is 0.0850. The molecule has 3 aromatic rings. The molecule has 2 aromatic heterocycles. The molecule has 0 saturated carbocycles. The fraction of sp³-hybridized carbons (Fsp3) is 0.300. The van der Waals surface area contributed by atoms with Gasteiger partial charge in [0.05, 0.1) is 17.7 Å². The van der Waals surface area contributed by atoms with Crippen LogP contribution >= 0.6 is 11.3 Å². The molecule has 7 nitrogen and oxygen atoms in total. The molecule has 144 valence electrons. The lowest BCUT2D eigenvalue weighted by molar-refractivity contribution is -0.136. The Labute approximate surface area is 166 Å². The summed E-state index contributed by atoms with van der Waals surface area (Å²) < 4.78 is 0. The largest absolute Gasteiger partial charge is 0.481 e. The second-order valence-electron chi connectivity index (χ2n) is 6.84. The molecule has 1 saturated heterocycles. The summed E-state index contributed by atoms with van der Waals surface area (Å²) in [5, 5.41) is 15.0. The van der Waals surface area contributed by atoms with Crippen molar-refractivity contribution in [2.45, 2.75) is 19.3 Å². The van der Waals surface area contributed by atoms with Crippen molar-refractivity contribution in [2.24, 2.45) is 5.92 Å². The minimum atomic E-state index is -0.922. The number of benzene rings is 1. The van der Waals surface area contributed by atoms with E-state index in [-0.39, 0.29) is 18.2 Å². The fourth-order valence-electron chi connectivity index (χ4n) is 3.61. The minimum Gasteiger partial charge on any atom is -0.481 e. The van der Waals surface area contributed by atoms with Gasteiger partial charge in [-0.15, -0.1) is 11.3 Å². The fourth-order valence-corrected chi connectivity index (χ4v) is 4.33. The number of nitrogens with one attached hydrogen (secondary N) is 1. The van der Waals surface area contributed by atoms with Crippen molar-refractivity contribution in [2.75, 3.05) is 23.3 Å². The van der Waals surface area contributed by atoms with E-state index in [2.05, 4.69) is 20.2 Å². The molecule has 0 spiro atoms. The Morgan fingerprint density at radius 3 is 2.96 bits per heavy atom. The van der Waals surface area contributed by atoms with Crippen LogP contribution in [-0.2, 0) is 16.0 Å². The molecule has 2 N–H and O–H groups in total. The Kier molecular flexibility index (Phi) is 5.21. The lowest BCUT2D eigenvalue weighted by atomic mass is 9.96. The number of para-hydroxylation sites is 1. The van der Waals surface area contributed by atoms with Crippen LogP contribution in [0, 0.1) is 5.92 Å². The number of carboxylic acid groups (broad SMARTS) is 1. The van der Waals surface area contributed by atoms with Gasteiger partial charge in [0, 0.05) is 18.8 Å². The Morgan fingerprint density at radius 2 is 2.11 bits per heavy atom. The van der Waals surface area contributed by atoms with Crippen LogP contribution < -0.4 is 10.2 Å². The summed E-state index contributed by atoms with van der Waals surface area (Å²) in [5.74, 6) is -0.322. The van der Waals surface area contributed by atoms with Crippen LogP contribution in [0.15, 0.2) is 42.0 Å². The predicted octanol–water partition coefficient (Wildman–Crippen LogP) is 3.17. The van der Waals surface area contributed by atoms with Gasteiger partial charge in [-0.25, -0.2) is 9.97 Å². The summed E-state index contributed by atoms with van der Waals surface area (Å²) in [6, 6.07) is 9.06. The molecule has 1 fully saturated rings. The first kappa shape index (κ1) is 18.4. The Morgan fingerprint density at radius 1 is 1.25 bits per heavy atom. The number of hydrogen-bond acceptors (Lipinski definition) is 6. The van der Waals surface area contributed by atoms with Gasteiger partial charge in [0.25, 0.3) is 0 Å². The van der Waals surface area contributed by atoms with E-state index in [0.29, 0.717) is 17.8 Å². The highest BCUT2D eigenvalue weighted by Gasteiger charge is 2.28. The van der Waals surface area contributed by atoms with Crippen LogP contribution in [0.2, 0.25) is 0 Å². The van der Waals surface area contributed by atoms with Crippen LogP contribution in [0.3, 0.4) is 0 Å². The molecule has 0 bridgehead atoms. The van der Waals surface area contributed by atoms with Crippen molar-refractivity contribution in [3.63, 3.8) is 0 Å². The first-order valence-electron chi connectivity index (χ1n) is 9.15. The number of carbonyl (C=O) groups is 2. The molecule has 4 rings (SSSR count). The maximum atomic E-state index is 12.9. The normalized spacial score (nSPS) is 16.9. The highest BCUT2D eigenvalue weighted by molar-refractivity contribution is 7.16. The maximum absolute atomic E-state index is 12.9. The Bertz CT molecular complexity index is 1020. The molecule has 1 amide bonds. The third-order valence-electron chi connectivity index (χ3n) is 4.95. The summed E-state index contributed by atoms with van der Waals surface area (Å²) in [7, 11) is 0. The van der Waals surface area contributed by atoms with E-state index in [1.165, 1.54) is 0 Å². The van der Waals surface area contributed by atoms with E-state index >= 15 is 0 Å². The molecule has 1 unspecified atom stereocenters. The Balaban J connectivity index is 1.50. The van der Waals surface area contributed by atoms with Gasteiger partial charge in [-0.3, -0.25) is 9.59 Å². The summed E-state index contributed by atoms with van der Waals surface area (Å²) in [5.41, 5.74) is 1.17. The van der Waals surface area contributed by atoms with Gasteiger partial charge in [0.1, 0.15) is 17.0 Å². The lowest BCUT2D eigenvalue weighted by Crippen LogP contribution is -2.41. The number of thiophene rings is 1. The summed E-state index contributed by atoms with van der Waals surface area (Å²) >= 11 is 1.58. The number of anilines is 2. The van der Waals surface area contributed by atoms with E-state index in [1.807, 2.05) is 11.4 Å². The first-order chi connectivity index (χ1) is 13.6. The second-order valence-corrected chi connectivity index (χ2v) is 7.73. The van der Waals surface area contributed by atoms with Gasteiger partial charge >= 0.3 is 5.97 Å². The number of nitrogens with zero attached hydrogens (tertiary/aromatic N) is 3. The number of piperidine rings is 1. The van der Waals surface area contributed by atoms with Gasteiger partial charge in [0.15, 0.2) is 0 Å². The third kappa shape index (κ3) is 3.82. The summed E-state index contributed by atoms with van der Waals surface area (Å²) in [4.78, 5) is 35.8. The molecule has 28 heavy (non-hydrogen) atoms. The zero-order valence-corrected chi connectivity index (χ0v) is 16.0. The molecule has 8 heteroatoms. The number of fused-ring (bicyclic) bond motifs is 1. The average Bonchev–Trinajstić information content (AvgIpc) is 3.18. The number of carboxylic acids is 1. The van der Waals surface area contributed by atoms with E-state index in [4.69, 9.17) is 5.11 Å². The van der Waals surface area contributed by atoms with Crippen LogP contribution in [0.4, 0.5) is 11.5 Å². The third-order valence-corrected chi connectivity index (χ3v) is 5.77. The standard InChI is InChI=1S/C20H20N4O3S/c25-17(26)10-13-4-1-2-6-16(13)23-19(27)14-5-3-8-24(11-14)18-15-7-9-28-20(15)22-12-21-18/h1-2,4,6-7,9,12,14H,3,5,8,10-11H2,(H,23,27)(H,25,26). The predicted molar refractivity (Wildman–Crippen MR) is 109 cm³/mol. The van der Waals surface area contributed by atoms with E-state index in [0.717, 1.165) is 35.4 Å². The SMILES string of the molecule is O=C(O)Cc1ccccc1NC(=O)C1CCCN(c2ncnc3sccc23)C1. The molecule has 3 heterocycles. The van der Waals surface area contributed by atoms with Gasteiger partial charge in [0.2, 0.25) is 5.91 Å². The molecular weight excluding hydrogens is 376 g/mol. The van der Waals surface area contributed by atoms with E-state index in [1.54, 1.807) is 41.9 Å². The van der Waals surface area contributed by atoms with Crippen molar-refractivity contribution >= 4 is 44.9 Å². The number of carbonyl (C=O) groups excluding carboxylic acids is 1. The summed E-state index contributed by atoms with van der Waals surface area (Å²) in [6.07, 6.45) is 3.14. The molecule has 1 aromatic carbocycles. The number of hydrogen-bond donors (Lipinski definition) is 2. The molecule has 1 aliphatic rings. The number of aliphatic carboxylic acids is 1. The lowest BCUT2D eigenvalue weighted by Gasteiger charge is -2.33. The maximum Gasteiger partial charge on any atom is 0.307 e. The molecule has 0 aliphatic carbocycles. The van der Waals surface area contributed by atoms with Crippen molar-refractivity contribution < 1.29 is 14.7 Å². The number of amides is 1. The van der Waals surface area contributed by atoms with Gasteiger partial charge in [-0.05, 0) is 35.9 Å². The molecule has 1 aliphatic heterocycles. The van der Waals surface area contributed by atoms with Crippen molar-refractivity contribution in [1.29, 1.82) is 0 Å². The zero-order valence-electron chi connectivity index (χ0n) is 15.2. The van der Waals surface area contributed by atoms with Gasteiger partial charge < -0.3 is 15.3 Å². The zero-order chi connectivity index (χ0) is 19.5. The van der Waals surface area contributed by atoms with Gasteiger partial charge in [-0.2, -0.15) is 0 Å².